The minimum Gasteiger partial charge on any atom is -0.312 e. The first kappa shape index (κ1) is 13.0. The molecular weight excluding hydrogens is 240 g/mol. The van der Waals surface area contributed by atoms with Gasteiger partial charge in [-0.05, 0) is 49.7 Å². The van der Waals surface area contributed by atoms with Gasteiger partial charge < -0.3 is 5.32 Å². The predicted molar refractivity (Wildman–Crippen MR) is 67.8 cm³/mol. The molecule has 4 heteroatoms. The summed E-state index contributed by atoms with van der Waals surface area (Å²) in [4.78, 5) is 1.31. The molecule has 0 aromatic carbocycles. The number of halogens is 2. The van der Waals surface area contributed by atoms with Crippen LogP contribution in [0.5, 0.6) is 0 Å². The third kappa shape index (κ3) is 2.86. The Balaban J connectivity index is 2.08. The molecule has 0 aliphatic heterocycles. The zero-order chi connectivity index (χ0) is 12.5. The smallest absolute Gasteiger partial charge is 0.248 e. The number of hydrogen-bond donors (Lipinski definition) is 1. The van der Waals surface area contributed by atoms with Crippen molar-refractivity contribution in [2.45, 2.75) is 44.6 Å². The number of nitrogens with one attached hydrogen (secondary N) is 1. The summed E-state index contributed by atoms with van der Waals surface area (Å²) < 4.78 is 26.3. The van der Waals surface area contributed by atoms with Crippen LogP contribution in [0.3, 0.4) is 0 Å². The Morgan fingerprint density at radius 1 is 1.41 bits per heavy atom. The maximum atomic E-state index is 13.1. The van der Waals surface area contributed by atoms with Crippen LogP contribution in [0.2, 0.25) is 0 Å². The van der Waals surface area contributed by atoms with E-state index in [1.165, 1.54) is 10.4 Å². The van der Waals surface area contributed by atoms with Crippen LogP contribution in [0, 0.1) is 12.8 Å². The fourth-order valence-corrected chi connectivity index (χ4v) is 3.81. The minimum absolute atomic E-state index is 0.0419. The van der Waals surface area contributed by atoms with Crippen LogP contribution in [0.4, 0.5) is 8.78 Å². The van der Waals surface area contributed by atoms with Gasteiger partial charge in [0.15, 0.2) is 0 Å². The van der Waals surface area contributed by atoms with E-state index in [0.29, 0.717) is 18.8 Å². The zero-order valence-electron chi connectivity index (χ0n) is 10.3. The standard InChI is InChI=1S/C13H19F2NS/c1-9-5-8-17-12(9)11(16-2)10-3-6-13(14,15)7-4-10/h5,8,10-11,16H,3-4,6-7H2,1-2H3. The molecule has 0 bridgehead atoms. The van der Waals surface area contributed by atoms with Gasteiger partial charge in [-0.15, -0.1) is 11.3 Å². The Hall–Kier alpha value is -0.480. The van der Waals surface area contributed by atoms with Gasteiger partial charge in [0.2, 0.25) is 5.92 Å². The fraction of sp³-hybridized carbons (Fsp3) is 0.692. The molecule has 1 aromatic rings. The number of aryl methyl sites for hydroxylation is 1. The Kier molecular flexibility index (Phi) is 3.83. The highest BCUT2D eigenvalue weighted by Crippen LogP contribution is 2.42. The molecule has 1 aliphatic rings. The van der Waals surface area contributed by atoms with Crippen molar-refractivity contribution in [2.24, 2.45) is 5.92 Å². The van der Waals surface area contributed by atoms with Crippen molar-refractivity contribution in [3.05, 3.63) is 21.9 Å². The van der Waals surface area contributed by atoms with Gasteiger partial charge >= 0.3 is 0 Å². The maximum absolute atomic E-state index is 13.1. The number of alkyl halides is 2. The SMILES string of the molecule is CNC(c1sccc1C)C1CCC(F)(F)CC1. The summed E-state index contributed by atoms with van der Waals surface area (Å²) in [6, 6.07) is 2.34. The first-order valence-corrected chi connectivity index (χ1v) is 7.00. The molecule has 1 saturated carbocycles. The first-order valence-electron chi connectivity index (χ1n) is 6.12. The number of thiophene rings is 1. The second kappa shape index (κ2) is 5.02. The topological polar surface area (TPSA) is 12.0 Å². The van der Waals surface area contributed by atoms with E-state index in [1.807, 2.05) is 7.05 Å². The monoisotopic (exact) mass is 259 g/mol. The van der Waals surface area contributed by atoms with E-state index in [1.54, 1.807) is 11.3 Å². The van der Waals surface area contributed by atoms with Crippen LogP contribution in [-0.4, -0.2) is 13.0 Å². The molecule has 1 atom stereocenters. The molecule has 0 spiro atoms. The lowest BCUT2D eigenvalue weighted by Gasteiger charge is -2.33. The zero-order valence-corrected chi connectivity index (χ0v) is 11.1. The summed E-state index contributed by atoms with van der Waals surface area (Å²) in [6.07, 6.45) is 1.33. The Morgan fingerprint density at radius 3 is 2.53 bits per heavy atom. The van der Waals surface area contributed by atoms with Crippen LogP contribution in [0.1, 0.15) is 42.2 Å². The van der Waals surface area contributed by atoms with Gasteiger partial charge in [0.1, 0.15) is 0 Å². The molecule has 17 heavy (non-hydrogen) atoms. The lowest BCUT2D eigenvalue weighted by molar-refractivity contribution is -0.0493. The molecule has 1 unspecified atom stereocenters. The van der Waals surface area contributed by atoms with Crippen LogP contribution in [0.15, 0.2) is 11.4 Å². The van der Waals surface area contributed by atoms with Gasteiger partial charge in [-0.3, -0.25) is 0 Å². The van der Waals surface area contributed by atoms with Crippen LogP contribution in [0.25, 0.3) is 0 Å². The van der Waals surface area contributed by atoms with E-state index in [4.69, 9.17) is 0 Å². The lowest BCUT2D eigenvalue weighted by Crippen LogP contribution is -2.32. The van der Waals surface area contributed by atoms with E-state index in [0.717, 1.165) is 0 Å². The number of rotatable bonds is 3. The van der Waals surface area contributed by atoms with Crippen molar-refractivity contribution in [1.29, 1.82) is 0 Å². The van der Waals surface area contributed by atoms with Gasteiger partial charge in [-0.25, -0.2) is 8.78 Å². The van der Waals surface area contributed by atoms with Gasteiger partial charge in [-0.2, -0.15) is 0 Å². The summed E-state index contributed by atoms with van der Waals surface area (Å²) in [5, 5.41) is 5.38. The van der Waals surface area contributed by atoms with Gasteiger partial charge in [0.05, 0.1) is 0 Å². The van der Waals surface area contributed by atoms with Crippen molar-refractivity contribution < 1.29 is 8.78 Å². The summed E-state index contributed by atoms with van der Waals surface area (Å²) in [7, 11) is 1.93. The lowest BCUT2D eigenvalue weighted by atomic mass is 9.81. The third-order valence-corrected chi connectivity index (χ3v) is 4.83. The van der Waals surface area contributed by atoms with E-state index < -0.39 is 5.92 Å². The minimum atomic E-state index is -2.43. The molecule has 0 radical (unpaired) electrons. The van der Waals surface area contributed by atoms with Crippen LogP contribution >= 0.6 is 11.3 Å². The first-order chi connectivity index (χ1) is 8.03. The molecule has 96 valence electrons. The van der Waals surface area contributed by atoms with Crippen LogP contribution in [-0.2, 0) is 0 Å². The quantitative estimate of drug-likeness (QED) is 0.860. The fourth-order valence-electron chi connectivity index (χ4n) is 2.68. The normalized spacial score (nSPS) is 22.6. The van der Waals surface area contributed by atoms with E-state index >= 15 is 0 Å². The summed E-state index contributed by atoms with van der Waals surface area (Å²) in [6.45, 7) is 2.09. The summed E-state index contributed by atoms with van der Waals surface area (Å²) in [5.41, 5.74) is 1.27. The van der Waals surface area contributed by atoms with Crippen LogP contribution < -0.4 is 5.32 Å². The molecule has 1 heterocycles. The van der Waals surface area contributed by atoms with Crippen molar-refractivity contribution >= 4 is 11.3 Å². The molecule has 1 fully saturated rings. The summed E-state index contributed by atoms with van der Waals surface area (Å²) >= 11 is 1.73. The predicted octanol–water partition coefficient (Wildman–Crippen LogP) is 4.14. The molecule has 0 amide bonds. The Labute approximate surface area is 105 Å². The van der Waals surface area contributed by atoms with Crippen molar-refractivity contribution in [3.63, 3.8) is 0 Å². The largest absolute Gasteiger partial charge is 0.312 e. The van der Waals surface area contributed by atoms with Crippen molar-refractivity contribution in [2.75, 3.05) is 7.05 Å². The molecular formula is C13H19F2NS. The third-order valence-electron chi connectivity index (χ3n) is 3.73. The second-order valence-corrected chi connectivity index (χ2v) is 5.88. The van der Waals surface area contributed by atoms with Crippen molar-refractivity contribution in [1.82, 2.24) is 5.32 Å². The average molecular weight is 259 g/mol. The van der Waals surface area contributed by atoms with E-state index in [2.05, 4.69) is 23.7 Å². The van der Waals surface area contributed by atoms with E-state index in [9.17, 15) is 8.78 Å². The Morgan fingerprint density at radius 2 is 2.06 bits per heavy atom. The van der Waals surface area contributed by atoms with Gasteiger partial charge in [-0.1, -0.05) is 0 Å². The molecule has 1 N–H and O–H groups in total. The number of hydrogen-bond acceptors (Lipinski definition) is 2. The molecule has 2 rings (SSSR count). The molecule has 1 aliphatic carbocycles. The second-order valence-electron chi connectivity index (χ2n) is 4.93. The molecule has 0 saturated heterocycles. The highest BCUT2D eigenvalue weighted by atomic mass is 32.1. The van der Waals surface area contributed by atoms with Crippen molar-refractivity contribution in [3.8, 4) is 0 Å². The van der Waals surface area contributed by atoms with Gasteiger partial charge in [0, 0.05) is 23.8 Å². The molecule has 1 nitrogen and oxygen atoms in total. The van der Waals surface area contributed by atoms with E-state index in [-0.39, 0.29) is 18.9 Å². The molecule has 1 aromatic heterocycles. The van der Waals surface area contributed by atoms with Gasteiger partial charge in [0.25, 0.3) is 0 Å². The summed E-state index contributed by atoms with van der Waals surface area (Å²) in [5.74, 6) is -2.09. The Bertz CT molecular complexity index is 365. The maximum Gasteiger partial charge on any atom is 0.248 e. The average Bonchev–Trinajstić information content (AvgIpc) is 2.69. The highest BCUT2D eigenvalue weighted by molar-refractivity contribution is 7.10. The highest BCUT2D eigenvalue weighted by Gasteiger charge is 2.38.